The van der Waals surface area contributed by atoms with E-state index < -0.39 is 0 Å². The summed E-state index contributed by atoms with van der Waals surface area (Å²) >= 11 is 3.39. The molecule has 0 saturated carbocycles. The predicted octanol–water partition coefficient (Wildman–Crippen LogP) is 2.78. The Bertz CT molecular complexity index is 667. The van der Waals surface area contributed by atoms with Gasteiger partial charge >= 0.3 is 0 Å². The lowest BCUT2D eigenvalue weighted by Crippen LogP contribution is -2.36. The number of anilines is 1. The monoisotopic (exact) mass is 376 g/mol. The lowest BCUT2D eigenvalue weighted by atomic mass is 9.97. The van der Waals surface area contributed by atoms with Crippen LogP contribution < -0.4 is 5.32 Å². The highest BCUT2D eigenvalue weighted by atomic mass is 79.9. The summed E-state index contributed by atoms with van der Waals surface area (Å²) < 4.78 is 3.22. The molecule has 2 heterocycles. The minimum Gasteiger partial charge on any atom is -0.335 e. The van der Waals surface area contributed by atoms with Crippen LogP contribution in [-0.4, -0.2) is 40.5 Å². The average molecular weight is 377 g/mol. The van der Waals surface area contributed by atoms with Crippen molar-refractivity contribution in [3.05, 3.63) is 47.0 Å². The smallest absolute Gasteiger partial charge is 0.238 e. The first-order chi connectivity index (χ1) is 11.1. The van der Waals surface area contributed by atoms with Crippen molar-refractivity contribution in [1.82, 2.24) is 14.5 Å². The third kappa shape index (κ3) is 4.42. The molecule has 1 unspecified atom stereocenters. The third-order valence-corrected chi connectivity index (χ3v) is 4.69. The van der Waals surface area contributed by atoms with E-state index in [-0.39, 0.29) is 5.91 Å². The van der Waals surface area contributed by atoms with Crippen molar-refractivity contribution >= 4 is 27.5 Å². The van der Waals surface area contributed by atoms with Crippen LogP contribution in [0.3, 0.4) is 0 Å². The third-order valence-electron chi connectivity index (χ3n) is 4.16. The van der Waals surface area contributed by atoms with Gasteiger partial charge in [-0.1, -0.05) is 15.9 Å². The summed E-state index contributed by atoms with van der Waals surface area (Å²) in [6.07, 6.45) is 6.04. The van der Waals surface area contributed by atoms with E-state index >= 15 is 0 Å². The van der Waals surface area contributed by atoms with Crippen molar-refractivity contribution < 1.29 is 4.79 Å². The van der Waals surface area contributed by atoms with Gasteiger partial charge in [0.05, 0.1) is 6.54 Å². The van der Waals surface area contributed by atoms with Crippen molar-refractivity contribution in [2.24, 2.45) is 5.92 Å². The Morgan fingerprint density at radius 2 is 2.22 bits per heavy atom. The Hall–Kier alpha value is -1.66. The molecule has 1 aliphatic rings. The second-order valence-corrected chi connectivity index (χ2v) is 7.06. The number of fused-ring (bicyclic) bond motifs is 1. The van der Waals surface area contributed by atoms with Crippen LogP contribution in [0.25, 0.3) is 0 Å². The zero-order valence-corrected chi connectivity index (χ0v) is 14.8. The second-order valence-electron chi connectivity index (χ2n) is 6.15. The summed E-state index contributed by atoms with van der Waals surface area (Å²) in [4.78, 5) is 18.6. The maximum absolute atomic E-state index is 12.1. The van der Waals surface area contributed by atoms with Crippen LogP contribution in [0.15, 0.2) is 41.1 Å². The lowest BCUT2D eigenvalue weighted by Gasteiger charge is -2.27. The van der Waals surface area contributed by atoms with Crippen LogP contribution in [0.5, 0.6) is 0 Å². The standard InChI is InChI=1S/C17H21BrN4O/c1-21(11-13-6-8-22-9-7-19-16(22)10-13)12-17(23)20-15-4-2-14(18)3-5-15/h2-5,7,9,13H,6,8,10-12H2,1H3,(H,20,23). The lowest BCUT2D eigenvalue weighted by molar-refractivity contribution is -0.117. The Labute approximate surface area is 144 Å². The number of aryl methyl sites for hydroxylation is 1. The SMILES string of the molecule is CN(CC(=O)Nc1ccc(Br)cc1)CC1CCn2ccnc2C1. The van der Waals surface area contributed by atoms with Crippen LogP contribution in [0.4, 0.5) is 5.69 Å². The van der Waals surface area contributed by atoms with Gasteiger partial charge in [-0.25, -0.2) is 4.98 Å². The average Bonchev–Trinajstić information content (AvgIpc) is 2.97. The van der Waals surface area contributed by atoms with E-state index in [1.165, 1.54) is 0 Å². The number of benzene rings is 1. The molecule has 3 rings (SSSR count). The number of nitrogens with zero attached hydrogens (tertiary/aromatic N) is 3. The van der Waals surface area contributed by atoms with Crippen LogP contribution >= 0.6 is 15.9 Å². The number of rotatable bonds is 5. The van der Waals surface area contributed by atoms with Crippen LogP contribution in [0, 0.1) is 5.92 Å². The minimum absolute atomic E-state index is 0.0205. The van der Waals surface area contributed by atoms with Gasteiger partial charge in [0.1, 0.15) is 5.82 Å². The molecule has 2 aromatic rings. The summed E-state index contributed by atoms with van der Waals surface area (Å²) in [5, 5.41) is 2.93. The maximum atomic E-state index is 12.1. The van der Waals surface area contributed by atoms with Gasteiger partial charge in [-0.05, 0) is 43.7 Å². The number of likely N-dealkylation sites (N-methyl/N-ethyl adjacent to an activating group) is 1. The predicted molar refractivity (Wildman–Crippen MR) is 94.3 cm³/mol. The largest absolute Gasteiger partial charge is 0.335 e. The molecule has 5 nitrogen and oxygen atoms in total. The molecule has 0 spiro atoms. The molecule has 6 heteroatoms. The first kappa shape index (κ1) is 16.2. The van der Waals surface area contributed by atoms with Gasteiger partial charge in [-0.15, -0.1) is 0 Å². The number of aromatic nitrogens is 2. The van der Waals surface area contributed by atoms with Crippen LogP contribution in [-0.2, 0) is 17.8 Å². The molecular formula is C17H21BrN4O. The molecular weight excluding hydrogens is 356 g/mol. The molecule has 1 amide bonds. The van der Waals surface area contributed by atoms with Crippen LogP contribution in [0.2, 0.25) is 0 Å². The van der Waals surface area contributed by atoms with E-state index in [1.807, 2.05) is 43.7 Å². The fraction of sp³-hybridized carbons (Fsp3) is 0.412. The van der Waals surface area contributed by atoms with Crippen molar-refractivity contribution in [3.8, 4) is 0 Å². The quantitative estimate of drug-likeness (QED) is 0.872. The molecule has 0 radical (unpaired) electrons. The molecule has 0 bridgehead atoms. The van der Waals surface area contributed by atoms with E-state index in [9.17, 15) is 4.79 Å². The van der Waals surface area contributed by atoms with Gasteiger partial charge in [0.25, 0.3) is 0 Å². The summed E-state index contributed by atoms with van der Waals surface area (Å²) in [6.45, 7) is 2.35. The number of hydrogen-bond acceptors (Lipinski definition) is 3. The van der Waals surface area contributed by atoms with Crippen LogP contribution in [0.1, 0.15) is 12.2 Å². The van der Waals surface area contributed by atoms with Gasteiger partial charge in [-0.2, -0.15) is 0 Å². The van der Waals surface area contributed by atoms with E-state index in [0.29, 0.717) is 12.5 Å². The zero-order valence-electron chi connectivity index (χ0n) is 13.2. The highest BCUT2D eigenvalue weighted by Crippen LogP contribution is 2.20. The molecule has 1 aliphatic heterocycles. The van der Waals surface area contributed by atoms with Crippen molar-refractivity contribution in [1.29, 1.82) is 0 Å². The Kier molecular flexibility index (Phi) is 5.13. The normalized spacial score (nSPS) is 17.1. The maximum Gasteiger partial charge on any atom is 0.238 e. The summed E-state index contributed by atoms with van der Waals surface area (Å²) in [6, 6.07) is 7.62. The van der Waals surface area contributed by atoms with Crippen molar-refractivity contribution in [3.63, 3.8) is 0 Å². The van der Waals surface area contributed by atoms with Gasteiger partial charge in [0.2, 0.25) is 5.91 Å². The fourth-order valence-electron chi connectivity index (χ4n) is 3.06. The number of halogens is 1. The number of carbonyl (C=O) groups excluding carboxylic acids is 1. The molecule has 1 atom stereocenters. The minimum atomic E-state index is 0.0205. The molecule has 0 saturated heterocycles. The van der Waals surface area contributed by atoms with E-state index in [4.69, 9.17) is 0 Å². The Morgan fingerprint density at radius 1 is 1.43 bits per heavy atom. The van der Waals surface area contributed by atoms with Gasteiger partial charge in [-0.3, -0.25) is 9.69 Å². The van der Waals surface area contributed by atoms with Crippen molar-refractivity contribution in [2.75, 3.05) is 25.5 Å². The zero-order chi connectivity index (χ0) is 16.2. The summed E-state index contributed by atoms with van der Waals surface area (Å²) in [7, 11) is 2.00. The summed E-state index contributed by atoms with van der Waals surface area (Å²) in [5.41, 5.74) is 0.825. The fourth-order valence-corrected chi connectivity index (χ4v) is 3.32. The van der Waals surface area contributed by atoms with Gasteiger partial charge < -0.3 is 9.88 Å². The molecule has 1 N–H and O–H groups in total. The molecule has 23 heavy (non-hydrogen) atoms. The summed E-state index contributed by atoms with van der Waals surface area (Å²) in [5.74, 6) is 1.75. The van der Waals surface area contributed by atoms with Gasteiger partial charge in [0.15, 0.2) is 0 Å². The van der Waals surface area contributed by atoms with E-state index in [0.717, 1.165) is 41.9 Å². The second kappa shape index (κ2) is 7.27. The highest BCUT2D eigenvalue weighted by Gasteiger charge is 2.21. The molecule has 122 valence electrons. The van der Waals surface area contributed by atoms with E-state index in [1.54, 1.807) is 0 Å². The first-order valence-corrected chi connectivity index (χ1v) is 8.63. The molecule has 1 aromatic heterocycles. The highest BCUT2D eigenvalue weighted by molar-refractivity contribution is 9.10. The number of nitrogens with one attached hydrogen (secondary N) is 1. The molecule has 0 fully saturated rings. The first-order valence-electron chi connectivity index (χ1n) is 7.84. The molecule has 1 aromatic carbocycles. The molecule has 0 aliphatic carbocycles. The van der Waals surface area contributed by atoms with E-state index in [2.05, 4.69) is 35.7 Å². The number of imidazole rings is 1. The Morgan fingerprint density at radius 3 is 3.00 bits per heavy atom. The van der Waals surface area contributed by atoms with Gasteiger partial charge in [0, 0.05) is 42.1 Å². The van der Waals surface area contributed by atoms with Crippen molar-refractivity contribution in [2.45, 2.75) is 19.4 Å². The number of amides is 1. The Balaban J connectivity index is 1.46. The number of carbonyl (C=O) groups is 1. The number of hydrogen-bond donors (Lipinski definition) is 1. The topological polar surface area (TPSA) is 50.2 Å².